The summed E-state index contributed by atoms with van der Waals surface area (Å²) in [5.41, 5.74) is -0.936. The maximum atomic E-state index is 13.2. The maximum Gasteiger partial charge on any atom is 0.243 e. The van der Waals surface area contributed by atoms with Crippen LogP contribution in [0.4, 0.5) is 0 Å². The Balaban J connectivity index is 2.00. The van der Waals surface area contributed by atoms with Crippen LogP contribution >= 0.6 is 0 Å². The van der Waals surface area contributed by atoms with E-state index in [1.165, 1.54) is 11.2 Å². The number of benzene rings is 1. The second-order valence-electron chi connectivity index (χ2n) is 9.06. The highest BCUT2D eigenvalue weighted by Gasteiger charge is 2.62. The van der Waals surface area contributed by atoms with Crippen LogP contribution in [-0.2, 0) is 19.6 Å². The number of sulfonamides is 1. The Morgan fingerprint density at radius 1 is 1.19 bits per heavy atom. The van der Waals surface area contributed by atoms with E-state index in [9.17, 15) is 13.2 Å². The fraction of sp³-hybridized carbons (Fsp3) is 0.571. The number of hydrogen-bond donors (Lipinski definition) is 0. The number of rotatable bonds is 3. The first-order valence-electron chi connectivity index (χ1n) is 9.32. The summed E-state index contributed by atoms with van der Waals surface area (Å²) in [5.74, 6) is 0.624. The van der Waals surface area contributed by atoms with Gasteiger partial charge in [0.15, 0.2) is 11.4 Å². The Bertz CT molecular complexity index is 895. The largest absolute Gasteiger partial charge is 0.481 e. The molecule has 0 radical (unpaired) electrons. The molecule has 1 saturated heterocycles. The lowest BCUT2D eigenvalue weighted by molar-refractivity contribution is -0.152. The first-order valence-corrected chi connectivity index (χ1v) is 10.8. The second-order valence-corrected chi connectivity index (χ2v) is 11.0. The zero-order valence-corrected chi connectivity index (χ0v) is 17.8. The molecule has 1 aromatic rings. The number of hydrogen-bond acceptors (Lipinski definition) is 4. The molecule has 0 unspecified atom stereocenters. The van der Waals surface area contributed by atoms with Crippen molar-refractivity contribution in [1.82, 2.24) is 4.31 Å². The summed E-state index contributed by atoms with van der Waals surface area (Å²) < 4.78 is 34.0. The smallest absolute Gasteiger partial charge is 0.243 e. The molecule has 27 heavy (non-hydrogen) atoms. The van der Waals surface area contributed by atoms with Gasteiger partial charge >= 0.3 is 0 Å². The van der Waals surface area contributed by atoms with Crippen LogP contribution in [0.5, 0.6) is 0 Å². The predicted octanol–water partition coefficient (Wildman–Crippen LogP) is 3.68. The van der Waals surface area contributed by atoms with E-state index in [1.807, 2.05) is 40.7 Å². The van der Waals surface area contributed by atoms with Crippen LogP contribution in [0.25, 0.3) is 0 Å². The third-order valence-electron chi connectivity index (χ3n) is 5.90. The van der Waals surface area contributed by atoms with E-state index in [-0.39, 0.29) is 22.6 Å². The average Bonchev–Trinajstić information content (AvgIpc) is 2.89. The first kappa shape index (κ1) is 20.1. The normalized spacial score (nSPS) is 29.0. The van der Waals surface area contributed by atoms with Gasteiger partial charge in [0.05, 0.1) is 17.2 Å². The number of allylic oxidation sites excluding steroid dienone is 1. The molecule has 0 saturated carbocycles. The van der Waals surface area contributed by atoms with Crippen molar-refractivity contribution < 1.29 is 17.9 Å². The van der Waals surface area contributed by atoms with Gasteiger partial charge in [0.25, 0.3) is 0 Å². The van der Waals surface area contributed by atoms with Crippen molar-refractivity contribution in [2.24, 2.45) is 10.8 Å². The minimum atomic E-state index is -3.69. The van der Waals surface area contributed by atoms with Gasteiger partial charge in [-0.05, 0) is 38.5 Å². The molecule has 5 nitrogen and oxygen atoms in total. The predicted molar refractivity (Wildman–Crippen MR) is 105 cm³/mol. The number of Topliss-reactive ketones (excluding diaryl/α,β-unsaturated/α-hetero) is 1. The highest BCUT2D eigenvalue weighted by Crippen LogP contribution is 2.54. The van der Waals surface area contributed by atoms with E-state index in [1.54, 1.807) is 24.3 Å². The molecule has 0 bridgehead atoms. The van der Waals surface area contributed by atoms with Crippen LogP contribution in [0.2, 0.25) is 0 Å². The number of fused-ring (bicyclic) bond motifs is 1. The number of aryl methyl sites for hydroxylation is 1. The molecule has 1 fully saturated rings. The van der Waals surface area contributed by atoms with Crippen LogP contribution in [0.3, 0.4) is 0 Å². The van der Waals surface area contributed by atoms with E-state index in [4.69, 9.17) is 4.74 Å². The summed E-state index contributed by atoms with van der Waals surface area (Å²) in [4.78, 5) is 13.0. The van der Waals surface area contributed by atoms with E-state index in [2.05, 4.69) is 0 Å². The van der Waals surface area contributed by atoms with Crippen molar-refractivity contribution in [2.75, 3.05) is 13.1 Å². The minimum absolute atomic E-state index is 0.0329. The molecule has 148 valence electrons. The zero-order valence-electron chi connectivity index (χ0n) is 17.0. The fourth-order valence-electron chi connectivity index (χ4n) is 3.93. The quantitative estimate of drug-likeness (QED) is 0.788. The molecule has 3 rings (SSSR count). The molecular weight excluding hydrogens is 362 g/mol. The van der Waals surface area contributed by atoms with Gasteiger partial charge in [-0.2, -0.15) is 4.31 Å². The SMILES string of the molecule is CC(=O)[C@@]12CN(S(=O)(=O)c3ccc(C)cc3)CC[C@]1(C)C=C(C(C)(C)C)O2. The van der Waals surface area contributed by atoms with Crippen molar-refractivity contribution in [3.63, 3.8) is 0 Å². The lowest BCUT2D eigenvalue weighted by Crippen LogP contribution is -2.62. The number of carbonyl (C=O) groups excluding carboxylic acids is 1. The molecule has 6 heteroatoms. The number of piperidine rings is 1. The van der Waals surface area contributed by atoms with E-state index >= 15 is 0 Å². The van der Waals surface area contributed by atoms with E-state index in [0.29, 0.717) is 13.0 Å². The Labute approximate surface area is 162 Å². The highest BCUT2D eigenvalue weighted by molar-refractivity contribution is 7.89. The summed E-state index contributed by atoms with van der Waals surface area (Å²) in [6.07, 6.45) is 2.58. The molecule has 2 aliphatic heterocycles. The molecular formula is C21H29NO4S. The molecule has 0 aliphatic carbocycles. The van der Waals surface area contributed by atoms with Gasteiger partial charge in [0.1, 0.15) is 0 Å². The number of carbonyl (C=O) groups is 1. The number of ether oxygens (including phenoxy) is 1. The number of nitrogens with zero attached hydrogens (tertiary/aromatic N) is 1. The summed E-state index contributed by atoms with van der Waals surface area (Å²) >= 11 is 0. The Morgan fingerprint density at radius 3 is 2.30 bits per heavy atom. The summed E-state index contributed by atoms with van der Waals surface area (Å²) in [6, 6.07) is 6.81. The summed E-state index contributed by atoms with van der Waals surface area (Å²) in [6.45, 7) is 11.9. The Kier molecular flexibility index (Phi) is 4.59. The van der Waals surface area contributed by atoms with Crippen molar-refractivity contribution in [3.05, 3.63) is 41.7 Å². The van der Waals surface area contributed by atoms with Crippen LogP contribution in [0.1, 0.15) is 46.6 Å². The molecule has 0 N–H and O–H groups in total. The molecule has 2 heterocycles. The van der Waals surface area contributed by atoms with Gasteiger partial charge in [-0.1, -0.05) is 45.4 Å². The number of ketones is 1. The highest BCUT2D eigenvalue weighted by atomic mass is 32.2. The van der Waals surface area contributed by atoms with Gasteiger partial charge in [-0.3, -0.25) is 4.79 Å². The van der Waals surface area contributed by atoms with Crippen molar-refractivity contribution in [1.29, 1.82) is 0 Å². The van der Waals surface area contributed by atoms with Gasteiger partial charge in [0, 0.05) is 17.4 Å². The van der Waals surface area contributed by atoms with Gasteiger partial charge in [0.2, 0.25) is 10.0 Å². The average molecular weight is 392 g/mol. The maximum absolute atomic E-state index is 13.2. The molecule has 2 aliphatic rings. The summed E-state index contributed by atoms with van der Waals surface area (Å²) in [5, 5.41) is 0. The zero-order chi connectivity index (χ0) is 20.3. The van der Waals surface area contributed by atoms with Crippen LogP contribution in [-0.4, -0.2) is 37.2 Å². The van der Waals surface area contributed by atoms with Gasteiger partial charge < -0.3 is 4.74 Å². The minimum Gasteiger partial charge on any atom is -0.481 e. The molecule has 1 aromatic carbocycles. The van der Waals surface area contributed by atoms with Gasteiger partial charge in [-0.15, -0.1) is 0 Å². The van der Waals surface area contributed by atoms with E-state index < -0.39 is 21.0 Å². The fourth-order valence-corrected chi connectivity index (χ4v) is 5.39. The lowest BCUT2D eigenvalue weighted by atomic mass is 9.67. The van der Waals surface area contributed by atoms with Crippen LogP contribution < -0.4 is 0 Å². The molecule has 2 atom stereocenters. The topological polar surface area (TPSA) is 63.7 Å². The van der Waals surface area contributed by atoms with Crippen molar-refractivity contribution in [2.45, 2.75) is 58.5 Å². The molecule has 0 aromatic heterocycles. The van der Waals surface area contributed by atoms with Crippen LogP contribution in [0.15, 0.2) is 41.0 Å². The monoisotopic (exact) mass is 391 g/mol. The van der Waals surface area contributed by atoms with Crippen LogP contribution in [0, 0.1) is 17.8 Å². The third-order valence-corrected chi connectivity index (χ3v) is 7.76. The Hall–Kier alpha value is -1.66. The van der Waals surface area contributed by atoms with Crippen molar-refractivity contribution >= 4 is 15.8 Å². The standard InChI is InChI=1S/C21H29NO4S/c1-15-7-9-17(10-8-15)27(24,25)22-12-11-20(6)13-18(19(3,4)5)26-21(20,14-22)16(2)23/h7-10,13H,11-12,14H2,1-6H3/t20-,21+/m1/s1. The molecule has 0 spiro atoms. The first-order chi connectivity index (χ1) is 12.3. The van der Waals surface area contributed by atoms with Gasteiger partial charge in [-0.25, -0.2) is 8.42 Å². The summed E-state index contributed by atoms with van der Waals surface area (Å²) in [7, 11) is -3.69. The second kappa shape index (κ2) is 6.17. The lowest BCUT2D eigenvalue weighted by Gasteiger charge is -2.47. The molecule has 0 amide bonds. The third kappa shape index (κ3) is 3.13. The Morgan fingerprint density at radius 2 is 1.78 bits per heavy atom. The van der Waals surface area contributed by atoms with E-state index in [0.717, 1.165) is 11.3 Å². The van der Waals surface area contributed by atoms with Crippen molar-refractivity contribution in [3.8, 4) is 0 Å².